The Kier molecular flexibility index (Phi) is 6.11. The molecule has 1 aliphatic rings. The van der Waals surface area contributed by atoms with Crippen LogP contribution in [0.2, 0.25) is 0 Å². The van der Waals surface area contributed by atoms with E-state index in [4.69, 9.17) is 14.1 Å². The molecule has 1 N–H and O–H groups in total. The molecule has 33 heavy (non-hydrogen) atoms. The maximum atomic E-state index is 12.4. The van der Waals surface area contributed by atoms with Crippen LogP contribution in [0, 0.1) is 0 Å². The third kappa shape index (κ3) is 4.49. The Morgan fingerprint density at radius 3 is 2.97 bits per heavy atom. The zero-order chi connectivity index (χ0) is 23.0. The Balaban J connectivity index is 1.48. The maximum absolute atomic E-state index is 12.4. The van der Waals surface area contributed by atoms with Crippen LogP contribution >= 0.6 is 23.1 Å². The van der Waals surface area contributed by atoms with Crippen molar-refractivity contribution in [2.45, 2.75) is 63.8 Å². The average molecular weight is 483 g/mol. The SMILES string of the molecule is CCCc1nc2sc3c(SCC(=O)NCc4ccco4)ncnc3c2c2c1COC(C)(C)C2. The van der Waals surface area contributed by atoms with E-state index in [1.165, 1.54) is 22.9 Å². The summed E-state index contributed by atoms with van der Waals surface area (Å²) in [6.45, 7) is 7.40. The van der Waals surface area contributed by atoms with Crippen molar-refractivity contribution in [3.8, 4) is 0 Å². The first-order valence-electron chi connectivity index (χ1n) is 11.1. The van der Waals surface area contributed by atoms with Crippen LogP contribution in [-0.2, 0) is 35.5 Å². The number of nitrogens with one attached hydrogen (secondary N) is 1. The molecule has 0 bridgehead atoms. The number of aromatic nitrogens is 3. The van der Waals surface area contributed by atoms with Crippen molar-refractivity contribution >= 4 is 49.4 Å². The van der Waals surface area contributed by atoms with Gasteiger partial charge in [-0.15, -0.1) is 11.3 Å². The number of hydrogen-bond donors (Lipinski definition) is 1. The lowest BCUT2D eigenvalue weighted by molar-refractivity contribution is -0.118. The van der Waals surface area contributed by atoms with Crippen LogP contribution in [0.25, 0.3) is 20.4 Å². The van der Waals surface area contributed by atoms with Crippen LogP contribution in [0.15, 0.2) is 34.2 Å². The number of pyridine rings is 1. The predicted octanol–water partition coefficient (Wildman–Crippen LogP) is 5.04. The van der Waals surface area contributed by atoms with Gasteiger partial charge in [-0.2, -0.15) is 0 Å². The van der Waals surface area contributed by atoms with Gasteiger partial charge in [-0.25, -0.2) is 15.0 Å². The lowest BCUT2D eigenvalue weighted by Crippen LogP contribution is -2.32. The number of thioether (sulfide) groups is 1. The first-order chi connectivity index (χ1) is 15.9. The quantitative estimate of drug-likeness (QED) is 0.291. The molecule has 0 spiro atoms. The standard InChI is InChI=1S/C24H26N4O3S2/c1-4-6-17-16-11-31-24(2,3)9-15(16)19-20-21(33-22(19)28-17)23(27-13-26-20)32-12-18(29)25-10-14-7-5-8-30-14/h5,7-8,13H,4,6,9-12H2,1-3H3,(H,25,29). The van der Waals surface area contributed by atoms with Gasteiger partial charge in [-0.05, 0) is 38.0 Å². The molecular weight excluding hydrogens is 456 g/mol. The lowest BCUT2D eigenvalue weighted by atomic mass is 9.88. The minimum atomic E-state index is -0.226. The number of rotatable bonds is 7. The molecule has 7 nitrogen and oxygen atoms in total. The summed E-state index contributed by atoms with van der Waals surface area (Å²) in [5, 5.41) is 4.81. The normalized spacial score (nSPS) is 15.1. The molecule has 0 unspecified atom stereocenters. The summed E-state index contributed by atoms with van der Waals surface area (Å²) in [5.74, 6) is 0.936. The molecule has 4 aromatic rings. The average Bonchev–Trinajstić information content (AvgIpc) is 3.43. The highest BCUT2D eigenvalue weighted by Crippen LogP contribution is 2.42. The fourth-order valence-corrected chi connectivity index (χ4v) is 6.27. The van der Waals surface area contributed by atoms with Crippen molar-refractivity contribution in [2.75, 3.05) is 5.75 Å². The van der Waals surface area contributed by atoms with Gasteiger partial charge >= 0.3 is 0 Å². The summed E-state index contributed by atoms with van der Waals surface area (Å²) < 4.78 is 12.4. The van der Waals surface area contributed by atoms with E-state index < -0.39 is 0 Å². The molecular formula is C24H26N4O3S2. The van der Waals surface area contributed by atoms with Crippen LogP contribution in [-0.4, -0.2) is 32.2 Å². The molecule has 9 heteroatoms. The number of fused-ring (bicyclic) bond motifs is 5. The van der Waals surface area contributed by atoms with Crippen molar-refractivity contribution in [2.24, 2.45) is 0 Å². The highest BCUT2D eigenvalue weighted by molar-refractivity contribution is 8.00. The summed E-state index contributed by atoms with van der Waals surface area (Å²) in [7, 11) is 0. The second-order valence-electron chi connectivity index (χ2n) is 8.77. The van der Waals surface area contributed by atoms with E-state index in [1.807, 2.05) is 6.07 Å². The van der Waals surface area contributed by atoms with Crippen LogP contribution in [0.4, 0.5) is 0 Å². The molecule has 0 aliphatic carbocycles. The molecule has 0 radical (unpaired) electrons. The zero-order valence-electron chi connectivity index (χ0n) is 18.9. The van der Waals surface area contributed by atoms with Crippen LogP contribution in [0.5, 0.6) is 0 Å². The fraction of sp³-hybridized carbons (Fsp3) is 0.417. The molecule has 0 aromatic carbocycles. The van der Waals surface area contributed by atoms with Gasteiger partial charge in [0, 0.05) is 23.1 Å². The molecule has 0 saturated carbocycles. The molecule has 1 aliphatic heterocycles. The Morgan fingerprint density at radius 2 is 2.18 bits per heavy atom. The van der Waals surface area contributed by atoms with Gasteiger partial charge < -0.3 is 14.5 Å². The minimum Gasteiger partial charge on any atom is -0.467 e. The van der Waals surface area contributed by atoms with Crippen LogP contribution in [0.1, 0.15) is 49.8 Å². The van der Waals surface area contributed by atoms with E-state index in [9.17, 15) is 4.79 Å². The van der Waals surface area contributed by atoms with Gasteiger partial charge in [0.1, 0.15) is 21.9 Å². The molecule has 5 rings (SSSR count). The van der Waals surface area contributed by atoms with E-state index in [2.05, 4.69) is 36.1 Å². The van der Waals surface area contributed by atoms with E-state index in [1.54, 1.807) is 30.0 Å². The summed E-state index contributed by atoms with van der Waals surface area (Å²) in [5.41, 5.74) is 4.34. The number of aryl methyl sites for hydroxylation is 1. The molecule has 0 fully saturated rings. The second-order valence-corrected chi connectivity index (χ2v) is 10.7. The first kappa shape index (κ1) is 22.3. The van der Waals surface area contributed by atoms with Gasteiger partial charge in [-0.1, -0.05) is 25.1 Å². The monoisotopic (exact) mass is 482 g/mol. The highest BCUT2D eigenvalue weighted by atomic mass is 32.2. The number of carbonyl (C=O) groups excluding carboxylic acids is 1. The molecule has 172 valence electrons. The van der Waals surface area contributed by atoms with E-state index in [0.29, 0.717) is 13.2 Å². The van der Waals surface area contributed by atoms with Gasteiger partial charge in [-0.3, -0.25) is 4.79 Å². The highest BCUT2D eigenvalue weighted by Gasteiger charge is 2.31. The number of carbonyl (C=O) groups is 1. The molecule has 5 heterocycles. The predicted molar refractivity (Wildman–Crippen MR) is 131 cm³/mol. The summed E-state index contributed by atoms with van der Waals surface area (Å²) in [6, 6.07) is 3.65. The van der Waals surface area contributed by atoms with Gasteiger partial charge in [0.15, 0.2) is 0 Å². The smallest absolute Gasteiger partial charge is 0.230 e. The second kappa shape index (κ2) is 9.04. The third-order valence-corrected chi connectivity index (χ3v) is 7.95. The number of amides is 1. The zero-order valence-corrected chi connectivity index (χ0v) is 20.6. The van der Waals surface area contributed by atoms with E-state index in [-0.39, 0.29) is 17.3 Å². The number of hydrogen-bond acceptors (Lipinski definition) is 8. The van der Waals surface area contributed by atoms with Gasteiger partial charge in [0.05, 0.1) is 41.0 Å². The van der Waals surface area contributed by atoms with Crippen molar-refractivity contribution in [3.05, 3.63) is 47.3 Å². The van der Waals surface area contributed by atoms with Crippen molar-refractivity contribution in [3.63, 3.8) is 0 Å². The maximum Gasteiger partial charge on any atom is 0.230 e. The number of thiophene rings is 1. The summed E-state index contributed by atoms with van der Waals surface area (Å²) in [4.78, 5) is 27.5. The summed E-state index contributed by atoms with van der Waals surface area (Å²) >= 11 is 3.05. The molecule has 0 atom stereocenters. The molecule has 0 saturated heterocycles. The Labute approximate surface area is 200 Å². The lowest BCUT2D eigenvalue weighted by Gasteiger charge is -2.33. The first-order valence-corrected chi connectivity index (χ1v) is 12.9. The van der Waals surface area contributed by atoms with E-state index >= 15 is 0 Å². The summed E-state index contributed by atoms with van der Waals surface area (Å²) in [6.07, 6.45) is 5.98. The molecule has 4 aromatic heterocycles. The van der Waals surface area contributed by atoms with Crippen LogP contribution < -0.4 is 5.32 Å². The largest absolute Gasteiger partial charge is 0.467 e. The molecule has 1 amide bonds. The minimum absolute atomic E-state index is 0.0658. The number of nitrogens with zero attached hydrogens (tertiary/aromatic N) is 3. The Bertz CT molecular complexity index is 1310. The Morgan fingerprint density at radius 1 is 1.30 bits per heavy atom. The third-order valence-electron chi connectivity index (χ3n) is 5.75. The number of furan rings is 1. The van der Waals surface area contributed by atoms with E-state index in [0.717, 1.165) is 56.2 Å². The van der Waals surface area contributed by atoms with Crippen molar-refractivity contribution in [1.82, 2.24) is 20.3 Å². The van der Waals surface area contributed by atoms with Gasteiger partial charge in [0.25, 0.3) is 0 Å². The topological polar surface area (TPSA) is 90.1 Å². The van der Waals surface area contributed by atoms with Crippen molar-refractivity contribution in [1.29, 1.82) is 0 Å². The van der Waals surface area contributed by atoms with Gasteiger partial charge in [0.2, 0.25) is 5.91 Å². The Hall–Kier alpha value is -2.49. The van der Waals surface area contributed by atoms with Crippen LogP contribution in [0.3, 0.4) is 0 Å². The number of ether oxygens (including phenoxy) is 1. The fourth-order valence-electron chi connectivity index (χ4n) is 4.18. The van der Waals surface area contributed by atoms with Crippen molar-refractivity contribution < 1.29 is 13.9 Å².